The maximum Gasteiger partial charge on any atom is 0.344 e. The molecule has 3 N–H and O–H groups in total. The Morgan fingerprint density at radius 3 is 2.67 bits per heavy atom. The maximum atomic E-state index is 12.3. The summed E-state index contributed by atoms with van der Waals surface area (Å²) in [5.41, 5.74) is 1.94. The predicted molar refractivity (Wildman–Crippen MR) is 70.6 cm³/mol. The number of carbonyl (C=O) groups excluding carboxylic acids is 2. The normalized spacial score (nSPS) is 21.9. The molecule has 2 aliphatic rings. The van der Waals surface area contributed by atoms with E-state index < -0.39 is 11.6 Å². The second kappa shape index (κ2) is 5.09. The molecule has 0 aromatic rings. The van der Waals surface area contributed by atoms with Crippen LogP contribution in [0, 0.1) is 0 Å². The van der Waals surface area contributed by atoms with Gasteiger partial charge in [0.2, 0.25) is 0 Å². The Morgan fingerprint density at radius 1 is 1.39 bits per heavy atom. The van der Waals surface area contributed by atoms with Gasteiger partial charge in [0.15, 0.2) is 5.11 Å². The standard InChI is InChI=1S/C11H18N4O2S/c1-2-12-9(18)14-15-8(16)11(13-10(15)17)6-4-3-5-7-11/h2-7H2,1H3,(H,13,17)(H2,12,14,18). The van der Waals surface area contributed by atoms with Gasteiger partial charge in [-0.1, -0.05) is 19.3 Å². The summed E-state index contributed by atoms with van der Waals surface area (Å²) in [6, 6.07) is -0.415. The Kier molecular flexibility index (Phi) is 3.70. The molecule has 0 atom stereocenters. The monoisotopic (exact) mass is 270 g/mol. The smallest absolute Gasteiger partial charge is 0.344 e. The van der Waals surface area contributed by atoms with E-state index in [1.54, 1.807) is 0 Å². The van der Waals surface area contributed by atoms with Gasteiger partial charge in [0, 0.05) is 6.54 Å². The van der Waals surface area contributed by atoms with Crippen molar-refractivity contribution in [2.45, 2.75) is 44.6 Å². The number of thiocarbonyl (C=S) groups is 1. The van der Waals surface area contributed by atoms with Crippen LogP contribution in [0.1, 0.15) is 39.0 Å². The first-order chi connectivity index (χ1) is 8.59. The van der Waals surface area contributed by atoms with Gasteiger partial charge < -0.3 is 10.6 Å². The van der Waals surface area contributed by atoms with Crippen molar-refractivity contribution in [1.29, 1.82) is 0 Å². The minimum absolute atomic E-state index is 0.215. The fourth-order valence-corrected chi connectivity index (χ4v) is 2.75. The lowest BCUT2D eigenvalue weighted by Gasteiger charge is -2.30. The van der Waals surface area contributed by atoms with Crippen LogP contribution in [0.5, 0.6) is 0 Å². The maximum absolute atomic E-state index is 12.3. The fourth-order valence-electron chi connectivity index (χ4n) is 2.52. The molecular weight excluding hydrogens is 252 g/mol. The third-order valence-corrected chi connectivity index (χ3v) is 3.66. The number of hydrogen-bond acceptors (Lipinski definition) is 3. The number of amides is 3. The van der Waals surface area contributed by atoms with Crippen LogP contribution in [-0.2, 0) is 4.79 Å². The van der Waals surface area contributed by atoms with E-state index in [1.807, 2.05) is 6.92 Å². The molecule has 100 valence electrons. The summed E-state index contributed by atoms with van der Waals surface area (Å²) < 4.78 is 0. The van der Waals surface area contributed by atoms with Crippen molar-refractivity contribution in [3.63, 3.8) is 0 Å². The predicted octanol–water partition coefficient (Wildman–Crippen LogP) is 0.640. The van der Waals surface area contributed by atoms with Gasteiger partial charge in [-0.25, -0.2) is 4.79 Å². The Hall–Kier alpha value is -1.37. The zero-order valence-electron chi connectivity index (χ0n) is 10.4. The van der Waals surface area contributed by atoms with Gasteiger partial charge in [0.05, 0.1) is 0 Å². The summed E-state index contributed by atoms with van der Waals surface area (Å²) in [6.45, 7) is 2.53. The van der Waals surface area contributed by atoms with Crippen LogP contribution >= 0.6 is 12.2 Å². The van der Waals surface area contributed by atoms with E-state index in [1.165, 1.54) is 0 Å². The van der Waals surface area contributed by atoms with E-state index in [0.29, 0.717) is 19.4 Å². The molecule has 2 fully saturated rings. The van der Waals surface area contributed by atoms with Gasteiger partial charge in [-0.05, 0) is 32.0 Å². The summed E-state index contributed by atoms with van der Waals surface area (Å²) in [6.07, 6.45) is 4.48. The number of rotatable bonds is 2. The largest absolute Gasteiger partial charge is 0.362 e. The molecule has 1 aliphatic heterocycles. The number of carbonyl (C=O) groups is 2. The number of hydrogen-bond donors (Lipinski definition) is 3. The molecule has 0 bridgehead atoms. The molecule has 0 radical (unpaired) electrons. The summed E-state index contributed by atoms with van der Waals surface area (Å²) in [4.78, 5) is 24.2. The molecule has 1 saturated carbocycles. The average molecular weight is 270 g/mol. The lowest BCUT2D eigenvalue weighted by molar-refractivity contribution is -0.133. The number of nitrogens with one attached hydrogen (secondary N) is 3. The summed E-state index contributed by atoms with van der Waals surface area (Å²) in [5, 5.41) is 6.94. The van der Waals surface area contributed by atoms with Gasteiger partial charge in [-0.15, -0.1) is 0 Å². The number of urea groups is 1. The van der Waals surface area contributed by atoms with Crippen LogP contribution < -0.4 is 16.1 Å². The van der Waals surface area contributed by atoms with Crippen LogP contribution in [0.3, 0.4) is 0 Å². The van der Waals surface area contributed by atoms with Gasteiger partial charge in [-0.2, -0.15) is 5.01 Å². The van der Waals surface area contributed by atoms with Gasteiger partial charge in [0.1, 0.15) is 5.54 Å². The average Bonchev–Trinajstić information content (AvgIpc) is 2.55. The molecule has 0 aromatic heterocycles. The molecule has 0 aromatic carbocycles. The molecule has 1 heterocycles. The SMILES string of the molecule is CCNC(=S)NN1C(=O)NC2(CCCCC2)C1=O. The minimum atomic E-state index is -0.704. The third kappa shape index (κ3) is 2.27. The van der Waals surface area contributed by atoms with Crippen LogP contribution in [0.25, 0.3) is 0 Å². The molecule has 0 unspecified atom stereocenters. The van der Waals surface area contributed by atoms with Crippen molar-refractivity contribution in [2.24, 2.45) is 0 Å². The first-order valence-electron chi connectivity index (χ1n) is 6.30. The van der Waals surface area contributed by atoms with Crippen molar-refractivity contribution >= 4 is 29.3 Å². The van der Waals surface area contributed by atoms with Crippen molar-refractivity contribution in [3.05, 3.63) is 0 Å². The topological polar surface area (TPSA) is 73.5 Å². The molecule has 2 rings (SSSR count). The quantitative estimate of drug-likeness (QED) is 0.507. The highest BCUT2D eigenvalue weighted by Crippen LogP contribution is 2.32. The van der Waals surface area contributed by atoms with E-state index >= 15 is 0 Å². The molecule has 3 amide bonds. The number of hydrazine groups is 1. The minimum Gasteiger partial charge on any atom is -0.362 e. The molecule has 1 aliphatic carbocycles. The third-order valence-electron chi connectivity index (χ3n) is 3.42. The van der Waals surface area contributed by atoms with Gasteiger partial charge in [0.25, 0.3) is 5.91 Å². The van der Waals surface area contributed by atoms with Crippen molar-refractivity contribution in [2.75, 3.05) is 6.54 Å². The van der Waals surface area contributed by atoms with Crippen LogP contribution in [0.2, 0.25) is 0 Å². The molecule has 7 heteroatoms. The second-order valence-electron chi connectivity index (χ2n) is 4.68. The van der Waals surface area contributed by atoms with Gasteiger partial charge in [-0.3, -0.25) is 10.2 Å². The lowest BCUT2D eigenvalue weighted by atomic mass is 9.82. The zero-order chi connectivity index (χ0) is 13.2. The molecular formula is C11H18N4O2S. The first-order valence-corrected chi connectivity index (χ1v) is 6.71. The highest BCUT2D eigenvalue weighted by atomic mass is 32.1. The summed E-state index contributed by atoms with van der Waals surface area (Å²) in [7, 11) is 0. The Labute approximate surface area is 111 Å². The lowest BCUT2D eigenvalue weighted by Crippen LogP contribution is -2.52. The van der Waals surface area contributed by atoms with E-state index in [4.69, 9.17) is 12.2 Å². The molecule has 1 spiro atoms. The van der Waals surface area contributed by atoms with Crippen LogP contribution in [0.15, 0.2) is 0 Å². The van der Waals surface area contributed by atoms with Crippen molar-refractivity contribution in [3.8, 4) is 0 Å². The highest BCUT2D eigenvalue weighted by Gasteiger charge is 2.51. The Morgan fingerprint density at radius 2 is 2.06 bits per heavy atom. The van der Waals surface area contributed by atoms with Crippen molar-refractivity contribution < 1.29 is 9.59 Å². The summed E-state index contributed by atoms with van der Waals surface area (Å²) >= 11 is 4.99. The first kappa shape index (κ1) is 13.1. The van der Waals surface area contributed by atoms with Crippen molar-refractivity contribution in [1.82, 2.24) is 21.1 Å². The Bertz CT molecular complexity index is 379. The molecule has 6 nitrogen and oxygen atoms in total. The zero-order valence-corrected chi connectivity index (χ0v) is 11.2. The molecule has 18 heavy (non-hydrogen) atoms. The van der Waals surface area contributed by atoms with Crippen LogP contribution in [0.4, 0.5) is 4.79 Å². The van der Waals surface area contributed by atoms with Gasteiger partial charge >= 0.3 is 6.03 Å². The van der Waals surface area contributed by atoms with E-state index in [0.717, 1.165) is 24.3 Å². The molecule has 1 saturated heterocycles. The number of imide groups is 1. The number of nitrogens with zero attached hydrogens (tertiary/aromatic N) is 1. The Balaban J connectivity index is 2.07. The van der Waals surface area contributed by atoms with E-state index in [-0.39, 0.29) is 11.0 Å². The van der Waals surface area contributed by atoms with Crippen LogP contribution in [-0.4, -0.2) is 34.1 Å². The summed E-state index contributed by atoms with van der Waals surface area (Å²) in [5.74, 6) is -0.215. The fraction of sp³-hybridized carbons (Fsp3) is 0.727. The second-order valence-corrected chi connectivity index (χ2v) is 5.09. The highest BCUT2D eigenvalue weighted by molar-refractivity contribution is 7.80. The van der Waals surface area contributed by atoms with E-state index in [2.05, 4.69) is 16.1 Å². The van der Waals surface area contributed by atoms with E-state index in [9.17, 15) is 9.59 Å².